The van der Waals surface area contributed by atoms with Gasteiger partial charge in [-0.25, -0.2) is 0 Å². The smallest absolute Gasteiger partial charge is 0.192 e. The van der Waals surface area contributed by atoms with Gasteiger partial charge in [0.2, 0.25) is 0 Å². The van der Waals surface area contributed by atoms with Gasteiger partial charge in [-0.3, -0.25) is 0 Å². The van der Waals surface area contributed by atoms with Crippen molar-refractivity contribution in [2.75, 3.05) is 0 Å². The summed E-state index contributed by atoms with van der Waals surface area (Å²) in [4.78, 5) is 0. The van der Waals surface area contributed by atoms with Gasteiger partial charge in [-0.1, -0.05) is 23.2 Å². The zero-order chi connectivity index (χ0) is 10.9. The Balaban J connectivity index is 3.40. The first-order chi connectivity index (χ1) is 6.36. The molecule has 0 saturated heterocycles. The van der Waals surface area contributed by atoms with Crippen molar-refractivity contribution in [3.63, 3.8) is 0 Å². The van der Waals surface area contributed by atoms with Crippen molar-refractivity contribution in [1.82, 2.24) is 0 Å². The van der Waals surface area contributed by atoms with E-state index >= 15 is 0 Å². The number of nitriles is 1. The molecule has 0 radical (unpaired) electrons. The Kier molecular flexibility index (Phi) is 2.93. The molecule has 0 unspecified atom stereocenters. The molecule has 0 N–H and O–H groups in total. The van der Waals surface area contributed by atoms with Crippen molar-refractivity contribution in [1.29, 1.82) is 5.26 Å². The molecule has 1 aromatic rings. The lowest BCUT2D eigenvalue weighted by atomic mass is 10.1. The van der Waals surface area contributed by atoms with Crippen LogP contribution >= 0.6 is 23.2 Å². The molecule has 0 saturated carbocycles. The molecule has 0 bridgehead atoms. The van der Waals surface area contributed by atoms with E-state index in [1.54, 1.807) is 0 Å². The number of nitrogens with zero attached hydrogens (tertiary/aromatic N) is 1. The van der Waals surface area contributed by atoms with Crippen LogP contribution in [0, 0.1) is 11.3 Å². The highest BCUT2D eigenvalue weighted by molar-refractivity contribution is 6.42. The minimum atomic E-state index is -4.53. The normalized spacial score (nSPS) is 11.1. The van der Waals surface area contributed by atoms with Crippen LogP contribution in [0.5, 0.6) is 0 Å². The fraction of sp³-hybridized carbons (Fsp3) is 0.125. The van der Waals surface area contributed by atoms with Gasteiger partial charge in [0.05, 0.1) is 21.2 Å². The van der Waals surface area contributed by atoms with Crippen LogP contribution < -0.4 is 0 Å². The summed E-state index contributed by atoms with van der Waals surface area (Å²) in [6, 6.07) is 2.88. The standard InChI is InChI=1S/C8H2Cl2F3N/c9-6-2-5(8(11,12)13)1-4(3-14)7(6)10/h1-2H. The van der Waals surface area contributed by atoms with Crippen molar-refractivity contribution in [2.24, 2.45) is 0 Å². The maximum absolute atomic E-state index is 12.2. The van der Waals surface area contributed by atoms with E-state index in [4.69, 9.17) is 28.5 Å². The number of hydrogen-bond acceptors (Lipinski definition) is 1. The van der Waals surface area contributed by atoms with Gasteiger partial charge < -0.3 is 0 Å². The van der Waals surface area contributed by atoms with E-state index in [9.17, 15) is 13.2 Å². The average molecular weight is 240 g/mol. The average Bonchev–Trinajstić information content (AvgIpc) is 2.07. The lowest BCUT2D eigenvalue weighted by Crippen LogP contribution is -2.05. The molecule has 0 aromatic heterocycles. The van der Waals surface area contributed by atoms with Crippen LogP contribution in [0.15, 0.2) is 12.1 Å². The molecule has 0 heterocycles. The second-order valence-corrected chi connectivity index (χ2v) is 3.21. The van der Waals surface area contributed by atoms with E-state index in [1.807, 2.05) is 0 Å². The predicted octanol–water partition coefficient (Wildman–Crippen LogP) is 3.88. The third kappa shape index (κ3) is 2.11. The number of rotatable bonds is 0. The molecular weight excluding hydrogens is 238 g/mol. The van der Waals surface area contributed by atoms with E-state index in [-0.39, 0.29) is 15.6 Å². The van der Waals surface area contributed by atoms with Gasteiger partial charge in [0.15, 0.2) is 0 Å². The highest BCUT2D eigenvalue weighted by atomic mass is 35.5. The van der Waals surface area contributed by atoms with Gasteiger partial charge >= 0.3 is 6.18 Å². The zero-order valence-electron chi connectivity index (χ0n) is 6.49. The van der Waals surface area contributed by atoms with Crippen LogP contribution in [-0.4, -0.2) is 0 Å². The number of alkyl halides is 3. The summed E-state index contributed by atoms with van der Waals surface area (Å²) in [5.41, 5.74) is -1.27. The van der Waals surface area contributed by atoms with E-state index < -0.39 is 11.7 Å². The van der Waals surface area contributed by atoms with Gasteiger partial charge in [-0.05, 0) is 12.1 Å². The summed E-state index contributed by atoms with van der Waals surface area (Å²) in [5.74, 6) is 0. The molecule has 0 spiro atoms. The molecule has 0 amide bonds. The quantitative estimate of drug-likeness (QED) is 0.674. The summed E-state index contributed by atoms with van der Waals surface area (Å²) in [7, 11) is 0. The van der Waals surface area contributed by atoms with E-state index in [0.29, 0.717) is 12.1 Å². The maximum atomic E-state index is 12.2. The van der Waals surface area contributed by atoms with E-state index in [2.05, 4.69) is 0 Å². The third-order valence-electron chi connectivity index (χ3n) is 1.48. The molecule has 14 heavy (non-hydrogen) atoms. The topological polar surface area (TPSA) is 23.8 Å². The first-order valence-electron chi connectivity index (χ1n) is 3.32. The van der Waals surface area contributed by atoms with Gasteiger partial charge in [0.25, 0.3) is 0 Å². The molecular formula is C8H2Cl2F3N. The SMILES string of the molecule is N#Cc1cc(C(F)(F)F)cc(Cl)c1Cl. The van der Waals surface area contributed by atoms with Crippen molar-refractivity contribution < 1.29 is 13.2 Å². The lowest BCUT2D eigenvalue weighted by Gasteiger charge is -2.08. The molecule has 1 rings (SSSR count). The summed E-state index contributed by atoms with van der Waals surface area (Å²) in [5, 5.41) is 8.03. The first kappa shape index (κ1) is 11.2. The van der Waals surface area contributed by atoms with Gasteiger partial charge in [0, 0.05) is 0 Å². The summed E-state index contributed by atoms with van der Waals surface area (Å²) >= 11 is 10.9. The molecule has 0 fully saturated rings. The van der Waals surface area contributed by atoms with E-state index in [1.165, 1.54) is 6.07 Å². The molecule has 0 atom stereocenters. The molecule has 0 aliphatic heterocycles. The number of halogens is 5. The van der Waals surface area contributed by atoms with Crippen molar-refractivity contribution in [3.8, 4) is 6.07 Å². The Morgan fingerprint density at radius 2 is 1.79 bits per heavy atom. The molecule has 0 aliphatic rings. The van der Waals surface area contributed by atoms with Crippen molar-refractivity contribution in [2.45, 2.75) is 6.18 Å². The monoisotopic (exact) mass is 239 g/mol. The van der Waals surface area contributed by atoms with Crippen LogP contribution in [0.2, 0.25) is 10.0 Å². The number of hydrogen-bond donors (Lipinski definition) is 0. The summed E-state index contributed by atoms with van der Waals surface area (Å²) in [6.45, 7) is 0. The van der Waals surface area contributed by atoms with Gasteiger partial charge in [-0.2, -0.15) is 18.4 Å². The highest BCUT2D eigenvalue weighted by Gasteiger charge is 2.31. The Hall–Kier alpha value is -0.920. The second-order valence-electron chi connectivity index (χ2n) is 2.43. The Morgan fingerprint density at radius 1 is 1.21 bits per heavy atom. The number of benzene rings is 1. The van der Waals surface area contributed by atoms with Crippen LogP contribution in [0.1, 0.15) is 11.1 Å². The molecule has 1 nitrogen and oxygen atoms in total. The molecule has 0 aliphatic carbocycles. The van der Waals surface area contributed by atoms with Crippen LogP contribution in [-0.2, 0) is 6.18 Å². The third-order valence-corrected chi connectivity index (χ3v) is 2.28. The van der Waals surface area contributed by atoms with E-state index in [0.717, 1.165) is 0 Å². The first-order valence-corrected chi connectivity index (χ1v) is 4.08. The Bertz CT molecular complexity index is 406. The maximum Gasteiger partial charge on any atom is 0.416 e. The van der Waals surface area contributed by atoms with Gasteiger partial charge in [0.1, 0.15) is 6.07 Å². The molecule has 6 heteroatoms. The van der Waals surface area contributed by atoms with Crippen LogP contribution in [0.25, 0.3) is 0 Å². The second kappa shape index (κ2) is 3.68. The zero-order valence-corrected chi connectivity index (χ0v) is 8.00. The Labute approximate surface area is 87.7 Å². The van der Waals surface area contributed by atoms with Gasteiger partial charge in [-0.15, -0.1) is 0 Å². The van der Waals surface area contributed by atoms with Crippen molar-refractivity contribution in [3.05, 3.63) is 33.3 Å². The predicted molar refractivity (Wildman–Crippen MR) is 46.2 cm³/mol. The van der Waals surface area contributed by atoms with Crippen LogP contribution in [0.3, 0.4) is 0 Å². The minimum Gasteiger partial charge on any atom is -0.192 e. The highest BCUT2D eigenvalue weighted by Crippen LogP contribution is 2.35. The van der Waals surface area contributed by atoms with Crippen LogP contribution in [0.4, 0.5) is 13.2 Å². The molecule has 74 valence electrons. The minimum absolute atomic E-state index is 0.165. The fourth-order valence-electron chi connectivity index (χ4n) is 0.834. The van der Waals surface area contributed by atoms with Crippen molar-refractivity contribution >= 4 is 23.2 Å². The largest absolute Gasteiger partial charge is 0.416 e. The lowest BCUT2D eigenvalue weighted by molar-refractivity contribution is -0.137. The fourth-order valence-corrected chi connectivity index (χ4v) is 1.20. The Morgan fingerprint density at radius 3 is 2.21 bits per heavy atom. The summed E-state index contributed by atoms with van der Waals surface area (Å²) < 4.78 is 36.6. The summed E-state index contributed by atoms with van der Waals surface area (Å²) in [6.07, 6.45) is -4.53. The molecule has 1 aromatic carbocycles.